The molecule has 3 heteroatoms. The van der Waals surface area contributed by atoms with Gasteiger partial charge in [-0.15, -0.1) is 0 Å². The summed E-state index contributed by atoms with van der Waals surface area (Å²) in [5, 5.41) is 1.74. The van der Waals surface area contributed by atoms with Gasteiger partial charge in [0, 0.05) is 21.9 Å². The van der Waals surface area contributed by atoms with E-state index in [1.165, 1.54) is 6.07 Å². The summed E-state index contributed by atoms with van der Waals surface area (Å²) in [6, 6.07) is 4.80. The first-order valence-electron chi connectivity index (χ1n) is 4.05. The Balaban J connectivity index is 2.77. The van der Waals surface area contributed by atoms with Gasteiger partial charge in [-0.25, -0.2) is 4.39 Å². The van der Waals surface area contributed by atoms with Crippen LogP contribution in [-0.4, -0.2) is 4.98 Å². The van der Waals surface area contributed by atoms with Gasteiger partial charge in [0.15, 0.2) is 0 Å². The minimum atomic E-state index is -0.185. The third-order valence-corrected chi connectivity index (χ3v) is 2.82. The van der Waals surface area contributed by atoms with Crippen molar-refractivity contribution >= 4 is 26.8 Å². The Bertz CT molecular complexity index is 447. The SMILES string of the molecule is Cc1c(CBr)[nH]c2ccc(F)cc12. The predicted molar refractivity (Wildman–Crippen MR) is 55.6 cm³/mol. The fourth-order valence-corrected chi connectivity index (χ4v) is 2.05. The molecule has 1 heterocycles. The van der Waals surface area contributed by atoms with Crippen molar-refractivity contribution in [3.63, 3.8) is 0 Å². The van der Waals surface area contributed by atoms with Gasteiger partial charge < -0.3 is 4.98 Å². The van der Waals surface area contributed by atoms with Crippen molar-refractivity contribution < 1.29 is 4.39 Å². The first kappa shape index (κ1) is 8.75. The van der Waals surface area contributed by atoms with Crippen molar-refractivity contribution in [2.45, 2.75) is 12.3 Å². The first-order valence-corrected chi connectivity index (χ1v) is 5.17. The standard InChI is InChI=1S/C10H9BrFN/c1-6-8-4-7(12)2-3-9(8)13-10(6)5-11/h2-4,13H,5H2,1H3. The van der Waals surface area contributed by atoms with Crippen LogP contribution in [0.5, 0.6) is 0 Å². The van der Waals surface area contributed by atoms with Crippen molar-refractivity contribution in [2.75, 3.05) is 0 Å². The monoisotopic (exact) mass is 241 g/mol. The molecule has 1 N–H and O–H groups in total. The van der Waals surface area contributed by atoms with E-state index in [0.29, 0.717) is 0 Å². The van der Waals surface area contributed by atoms with E-state index in [0.717, 1.165) is 27.5 Å². The average Bonchev–Trinajstić information content (AvgIpc) is 2.44. The molecule has 0 unspecified atom stereocenters. The lowest BCUT2D eigenvalue weighted by Gasteiger charge is -1.91. The molecule has 68 valence electrons. The zero-order valence-electron chi connectivity index (χ0n) is 7.20. The van der Waals surface area contributed by atoms with E-state index in [1.54, 1.807) is 12.1 Å². The third kappa shape index (κ3) is 1.37. The molecule has 0 amide bonds. The van der Waals surface area contributed by atoms with Crippen molar-refractivity contribution in [1.29, 1.82) is 0 Å². The number of halogens is 2. The van der Waals surface area contributed by atoms with E-state index in [-0.39, 0.29) is 5.82 Å². The molecule has 0 saturated carbocycles. The van der Waals surface area contributed by atoms with Crippen LogP contribution in [0.4, 0.5) is 4.39 Å². The number of rotatable bonds is 1. The topological polar surface area (TPSA) is 15.8 Å². The zero-order chi connectivity index (χ0) is 9.42. The fraction of sp³-hybridized carbons (Fsp3) is 0.200. The van der Waals surface area contributed by atoms with Crippen molar-refractivity contribution in [2.24, 2.45) is 0 Å². The van der Waals surface area contributed by atoms with E-state index >= 15 is 0 Å². The summed E-state index contributed by atoms with van der Waals surface area (Å²) < 4.78 is 12.9. The van der Waals surface area contributed by atoms with Crippen LogP contribution in [0.1, 0.15) is 11.3 Å². The van der Waals surface area contributed by atoms with Crippen LogP contribution >= 0.6 is 15.9 Å². The van der Waals surface area contributed by atoms with Gasteiger partial charge in [-0.3, -0.25) is 0 Å². The molecule has 13 heavy (non-hydrogen) atoms. The van der Waals surface area contributed by atoms with Gasteiger partial charge in [-0.1, -0.05) is 15.9 Å². The maximum Gasteiger partial charge on any atom is 0.123 e. The van der Waals surface area contributed by atoms with E-state index < -0.39 is 0 Å². The summed E-state index contributed by atoms with van der Waals surface area (Å²) in [5.74, 6) is -0.185. The van der Waals surface area contributed by atoms with Crippen molar-refractivity contribution in [3.8, 4) is 0 Å². The van der Waals surface area contributed by atoms with E-state index in [9.17, 15) is 4.39 Å². The third-order valence-electron chi connectivity index (χ3n) is 2.26. The van der Waals surface area contributed by atoms with Crippen LogP contribution in [0.25, 0.3) is 10.9 Å². The molecule has 0 fully saturated rings. The molecule has 0 aliphatic rings. The fourth-order valence-electron chi connectivity index (χ4n) is 1.49. The summed E-state index contributed by atoms with van der Waals surface area (Å²) >= 11 is 3.38. The molecule has 0 atom stereocenters. The van der Waals surface area contributed by atoms with Crippen LogP contribution in [0.2, 0.25) is 0 Å². The second-order valence-electron chi connectivity index (χ2n) is 3.05. The maximum absolute atomic E-state index is 12.9. The van der Waals surface area contributed by atoms with Gasteiger partial charge >= 0.3 is 0 Å². The molecule has 0 radical (unpaired) electrons. The van der Waals surface area contributed by atoms with Gasteiger partial charge in [0.2, 0.25) is 0 Å². The Labute approximate surface area is 84.1 Å². The molecular weight excluding hydrogens is 233 g/mol. The molecule has 1 aromatic heterocycles. The summed E-state index contributed by atoms with van der Waals surface area (Å²) in [5.41, 5.74) is 3.22. The van der Waals surface area contributed by atoms with Gasteiger partial charge in [0.05, 0.1) is 0 Å². The maximum atomic E-state index is 12.9. The number of fused-ring (bicyclic) bond motifs is 1. The summed E-state index contributed by atoms with van der Waals surface area (Å²) in [4.78, 5) is 3.23. The zero-order valence-corrected chi connectivity index (χ0v) is 8.78. The Morgan fingerprint density at radius 3 is 2.92 bits per heavy atom. The Morgan fingerprint density at radius 2 is 2.23 bits per heavy atom. The largest absolute Gasteiger partial charge is 0.357 e. The number of H-pyrrole nitrogens is 1. The second-order valence-corrected chi connectivity index (χ2v) is 3.61. The Hall–Kier alpha value is -0.830. The number of aryl methyl sites for hydroxylation is 1. The molecular formula is C10H9BrFN. The van der Waals surface area contributed by atoms with Gasteiger partial charge in [0.25, 0.3) is 0 Å². The summed E-state index contributed by atoms with van der Waals surface area (Å²) in [7, 11) is 0. The summed E-state index contributed by atoms with van der Waals surface area (Å²) in [6.07, 6.45) is 0. The van der Waals surface area contributed by atoms with Crippen LogP contribution in [0.3, 0.4) is 0 Å². The van der Waals surface area contributed by atoms with E-state index in [2.05, 4.69) is 20.9 Å². The van der Waals surface area contributed by atoms with Crippen LogP contribution in [0.15, 0.2) is 18.2 Å². The van der Waals surface area contributed by atoms with Gasteiger partial charge in [0.1, 0.15) is 5.82 Å². The number of aromatic nitrogens is 1. The first-order chi connectivity index (χ1) is 6.22. The second kappa shape index (κ2) is 3.14. The average molecular weight is 242 g/mol. The molecule has 2 aromatic rings. The lowest BCUT2D eigenvalue weighted by atomic mass is 10.1. The van der Waals surface area contributed by atoms with Gasteiger partial charge in [-0.2, -0.15) is 0 Å². The lowest BCUT2D eigenvalue weighted by molar-refractivity contribution is 0.629. The number of benzene rings is 1. The van der Waals surface area contributed by atoms with Gasteiger partial charge in [-0.05, 0) is 30.7 Å². The smallest absolute Gasteiger partial charge is 0.123 e. The number of hydrogen-bond donors (Lipinski definition) is 1. The van der Waals surface area contributed by atoms with Crippen molar-refractivity contribution in [1.82, 2.24) is 4.98 Å². The highest BCUT2D eigenvalue weighted by Crippen LogP contribution is 2.23. The molecule has 0 aliphatic carbocycles. The molecule has 0 spiro atoms. The molecule has 0 aliphatic heterocycles. The Morgan fingerprint density at radius 1 is 1.46 bits per heavy atom. The van der Waals surface area contributed by atoms with Crippen molar-refractivity contribution in [3.05, 3.63) is 35.3 Å². The van der Waals surface area contributed by atoms with E-state index in [1.807, 2.05) is 6.92 Å². The van der Waals surface area contributed by atoms with Crippen LogP contribution in [-0.2, 0) is 5.33 Å². The number of aromatic amines is 1. The molecule has 2 rings (SSSR count). The highest BCUT2D eigenvalue weighted by atomic mass is 79.9. The minimum absolute atomic E-state index is 0.185. The highest BCUT2D eigenvalue weighted by Gasteiger charge is 2.06. The normalized spacial score (nSPS) is 11.0. The molecule has 0 bridgehead atoms. The molecule has 0 saturated heterocycles. The van der Waals surface area contributed by atoms with Crippen LogP contribution < -0.4 is 0 Å². The Kier molecular flexibility index (Phi) is 2.12. The summed E-state index contributed by atoms with van der Waals surface area (Å²) in [6.45, 7) is 1.99. The predicted octanol–water partition coefficient (Wildman–Crippen LogP) is 3.51. The number of nitrogens with one attached hydrogen (secondary N) is 1. The molecule has 1 aromatic carbocycles. The molecule has 1 nitrogen and oxygen atoms in total. The van der Waals surface area contributed by atoms with E-state index in [4.69, 9.17) is 0 Å². The number of hydrogen-bond acceptors (Lipinski definition) is 0. The minimum Gasteiger partial charge on any atom is -0.357 e. The number of alkyl halides is 1. The van der Waals surface area contributed by atoms with Crippen LogP contribution in [0, 0.1) is 12.7 Å². The quantitative estimate of drug-likeness (QED) is 0.736. The lowest BCUT2D eigenvalue weighted by Crippen LogP contribution is -1.78. The highest BCUT2D eigenvalue weighted by molar-refractivity contribution is 9.08.